The van der Waals surface area contributed by atoms with E-state index in [1.165, 1.54) is 0 Å². The predicted molar refractivity (Wildman–Crippen MR) is 58.4 cm³/mol. The average Bonchev–Trinajstić information content (AvgIpc) is 2.22. The van der Waals surface area contributed by atoms with Crippen LogP contribution in [0.3, 0.4) is 0 Å². The maximum absolute atomic E-state index is 12.2. The molecular formula is C12H21F3O2. The van der Waals surface area contributed by atoms with Crippen LogP contribution in [0, 0.1) is 11.8 Å². The Labute approximate surface area is 99.8 Å². The summed E-state index contributed by atoms with van der Waals surface area (Å²) in [7, 11) is 0. The number of aliphatic hydroxyl groups excluding tert-OH is 2. The standard InChI is InChI=1S/C12H21F3O2/c1-2-3-8-4-5-10(16)9(6-8)7-11(17)12(13,14)15/h8-11,16-17H,2-7H2,1H3. The maximum atomic E-state index is 12.2. The lowest BCUT2D eigenvalue weighted by molar-refractivity contribution is -0.211. The fourth-order valence-electron chi connectivity index (χ4n) is 2.69. The van der Waals surface area contributed by atoms with Crippen molar-refractivity contribution in [1.29, 1.82) is 0 Å². The minimum atomic E-state index is -4.57. The summed E-state index contributed by atoms with van der Waals surface area (Å²) < 4.78 is 36.7. The second kappa shape index (κ2) is 6.05. The fourth-order valence-corrected chi connectivity index (χ4v) is 2.69. The Morgan fingerprint density at radius 1 is 1.29 bits per heavy atom. The normalized spacial score (nSPS) is 32.5. The van der Waals surface area contributed by atoms with Gasteiger partial charge in [0, 0.05) is 0 Å². The first kappa shape index (κ1) is 14.8. The van der Waals surface area contributed by atoms with E-state index in [0.29, 0.717) is 18.8 Å². The third-order valence-corrected chi connectivity index (χ3v) is 3.65. The molecule has 0 saturated heterocycles. The molecule has 0 aromatic heterocycles. The number of halogens is 3. The van der Waals surface area contributed by atoms with Crippen LogP contribution in [-0.4, -0.2) is 28.6 Å². The van der Waals surface area contributed by atoms with E-state index < -0.39 is 24.3 Å². The van der Waals surface area contributed by atoms with E-state index in [1.807, 2.05) is 6.92 Å². The van der Waals surface area contributed by atoms with Crippen molar-refractivity contribution in [2.75, 3.05) is 0 Å². The highest BCUT2D eigenvalue weighted by Gasteiger charge is 2.41. The van der Waals surface area contributed by atoms with E-state index in [9.17, 15) is 18.3 Å². The van der Waals surface area contributed by atoms with Crippen molar-refractivity contribution in [3.05, 3.63) is 0 Å². The van der Waals surface area contributed by atoms with E-state index >= 15 is 0 Å². The van der Waals surface area contributed by atoms with Crippen LogP contribution in [0.4, 0.5) is 13.2 Å². The lowest BCUT2D eigenvalue weighted by Gasteiger charge is -2.34. The quantitative estimate of drug-likeness (QED) is 0.810. The molecule has 17 heavy (non-hydrogen) atoms. The molecule has 2 N–H and O–H groups in total. The van der Waals surface area contributed by atoms with Gasteiger partial charge < -0.3 is 10.2 Å². The molecule has 1 rings (SSSR count). The number of alkyl halides is 3. The van der Waals surface area contributed by atoms with Gasteiger partial charge in [0.1, 0.15) is 6.10 Å². The maximum Gasteiger partial charge on any atom is 0.414 e. The van der Waals surface area contributed by atoms with Crippen molar-refractivity contribution in [3.8, 4) is 0 Å². The molecule has 0 aromatic rings. The highest BCUT2D eigenvalue weighted by atomic mass is 19.4. The van der Waals surface area contributed by atoms with E-state index in [2.05, 4.69) is 0 Å². The zero-order valence-corrected chi connectivity index (χ0v) is 10.1. The molecule has 102 valence electrons. The highest BCUT2D eigenvalue weighted by molar-refractivity contribution is 4.83. The van der Waals surface area contributed by atoms with Gasteiger partial charge in [0.2, 0.25) is 0 Å². The molecular weight excluding hydrogens is 233 g/mol. The van der Waals surface area contributed by atoms with Crippen molar-refractivity contribution >= 4 is 0 Å². The number of hydrogen-bond donors (Lipinski definition) is 2. The van der Waals surface area contributed by atoms with Crippen molar-refractivity contribution in [2.45, 2.75) is 63.8 Å². The molecule has 1 fully saturated rings. The number of hydrogen-bond acceptors (Lipinski definition) is 2. The van der Waals surface area contributed by atoms with Gasteiger partial charge in [0.15, 0.2) is 0 Å². The van der Waals surface area contributed by atoms with Crippen LogP contribution in [0.15, 0.2) is 0 Å². The van der Waals surface area contributed by atoms with Gasteiger partial charge in [0.25, 0.3) is 0 Å². The van der Waals surface area contributed by atoms with Gasteiger partial charge in [-0.05, 0) is 37.5 Å². The first-order chi connectivity index (χ1) is 7.84. The number of aliphatic hydroxyl groups is 2. The summed E-state index contributed by atoms with van der Waals surface area (Å²) in [5.41, 5.74) is 0. The molecule has 0 heterocycles. The second-order valence-corrected chi connectivity index (χ2v) is 5.09. The van der Waals surface area contributed by atoms with Gasteiger partial charge in [-0.3, -0.25) is 0 Å². The van der Waals surface area contributed by atoms with Crippen LogP contribution in [0.1, 0.15) is 45.4 Å². The van der Waals surface area contributed by atoms with Crippen molar-refractivity contribution in [1.82, 2.24) is 0 Å². The molecule has 0 amide bonds. The average molecular weight is 254 g/mol. The SMILES string of the molecule is CCCC1CCC(O)C(CC(O)C(F)(F)F)C1. The minimum absolute atomic E-state index is 0.370. The smallest absolute Gasteiger partial charge is 0.393 e. The summed E-state index contributed by atoms with van der Waals surface area (Å²) >= 11 is 0. The predicted octanol–water partition coefficient (Wildman–Crippen LogP) is 2.88. The van der Waals surface area contributed by atoms with Crippen LogP contribution < -0.4 is 0 Å². The topological polar surface area (TPSA) is 40.5 Å². The Hall–Kier alpha value is -0.290. The summed E-state index contributed by atoms with van der Waals surface area (Å²) in [4.78, 5) is 0. The molecule has 1 aliphatic rings. The zero-order valence-electron chi connectivity index (χ0n) is 10.1. The first-order valence-electron chi connectivity index (χ1n) is 6.27. The summed E-state index contributed by atoms with van der Waals surface area (Å²) in [5, 5.41) is 18.7. The molecule has 0 aliphatic heterocycles. The third kappa shape index (κ3) is 4.47. The molecule has 0 bridgehead atoms. The van der Waals surface area contributed by atoms with Crippen LogP contribution >= 0.6 is 0 Å². The summed E-state index contributed by atoms with van der Waals surface area (Å²) in [6, 6.07) is 0. The molecule has 0 aromatic carbocycles. The summed E-state index contributed by atoms with van der Waals surface area (Å²) in [6.45, 7) is 2.05. The van der Waals surface area contributed by atoms with Crippen molar-refractivity contribution in [3.63, 3.8) is 0 Å². The number of rotatable bonds is 4. The van der Waals surface area contributed by atoms with Crippen LogP contribution in [0.5, 0.6) is 0 Å². The lowest BCUT2D eigenvalue weighted by atomic mass is 9.75. The highest BCUT2D eigenvalue weighted by Crippen LogP contribution is 2.36. The van der Waals surface area contributed by atoms with Gasteiger partial charge in [0.05, 0.1) is 6.10 Å². The largest absolute Gasteiger partial charge is 0.414 e. The Morgan fingerprint density at radius 2 is 1.94 bits per heavy atom. The van der Waals surface area contributed by atoms with E-state index in [4.69, 9.17) is 5.11 Å². The van der Waals surface area contributed by atoms with Crippen molar-refractivity contribution in [2.24, 2.45) is 11.8 Å². The van der Waals surface area contributed by atoms with Crippen LogP contribution in [0.2, 0.25) is 0 Å². The van der Waals surface area contributed by atoms with E-state index in [-0.39, 0.29) is 6.42 Å². The van der Waals surface area contributed by atoms with Gasteiger partial charge in [-0.1, -0.05) is 19.8 Å². The van der Waals surface area contributed by atoms with E-state index in [0.717, 1.165) is 19.3 Å². The van der Waals surface area contributed by atoms with Crippen LogP contribution in [0.25, 0.3) is 0 Å². The summed E-state index contributed by atoms with van der Waals surface area (Å²) in [5.74, 6) is -0.0224. The Morgan fingerprint density at radius 3 is 2.47 bits per heavy atom. The lowest BCUT2D eigenvalue weighted by Crippen LogP contribution is -2.37. The third-order valence-electron chi connectivity index (χ3n) is 3.65. The molecule has 4 unspecified atom stereocenters. The van der Waals surface area contributed by atoms with E-state index in [1.54, 1.807) is 0 Å². The zero-order chi connectivity index (χ0) is 13.1. The fraction of sp³-hybridized carbons (Fsp3) is 1.00. The molecule has 1 saturated carbocycles. The molecule has 5 heteroatoms. The minimum Gasteiger partial charge on any atom is -0.393 e. The Kier molecular flexibility index (Phi) is 5.25. The second-order valence-electron chi connectivity index (χ2n) is 5.09. The van der Waals surface area contributed by atoms with Crippen LogP contribution in [-0.2, 0) is 0 Å². The molecule has 4 atom stereocenters. The summed E-state index contributed by atoms with van der Waals surface area (Å²) in [6.07, 6.45) is -3.90. The van der Waals surface area contributed by atoms with Gasteiger partial charge in [-0.25, -0.2) is 0 Å². The van der Waals surface area contributed by atoms with Crippen molar-refractivity contribution < 1.29 is 23.4 Å². The monoisotopic (exact) mass is 254 g/mol. The molecule has 2 nitrogen and oxygen atoms in total. The van der Waals surface area contributed by atoms with Gasteiger partial charge >= 0.3 is 6.18 Å². The molecule has 0 spiro atoms. The Balaban J connectivity index is 2.50. The Bertz CT molecular complexity index is 230. The van der Waals surface area contributed by atoms with Gasteiger partial charge in [-0.2, -0.15) is 13.2 Å². The molecule has 0 radical (unpaired) electrons. The molecule has 1 aliphatic carbocycles. The first-order valence-corrected chi connectivity index (χ1v) is 6.27. The van der Waals surface area contributed by atoms with Gasteiger partial charge in [-0.15, -0.1) is 0 Å².